The number of hydrogen-bond acceptors (Lipinski definition) is 5. The van der Waals surface area contributed by atoms with Crippen molar-refractivity contribution in [2.24, 2.45) is 0 Å². The fourth-order valence-corrected chi connectivity index (χ4v) is 4.47. The number of rotatable bonds is 3. The molecule has 4 aromatic heterocycles. The van der Waals surface area contributed by atoms with E-state index in [4.69, 9.17) is 27.3 Å². The van der Waals surface area contributed by atoms with Crippen LogP contribution in [0, 0.1) is 0 Å². The van der Waals surface area contributed by atoms with E-state index < -0.39 is 0 Å². The summed E-state index contributed by atoms with van der Waals surface area (Å²) in [4.78, 5) is 18.6. The molecule has 0 unspecified atom stereocenters. The van der Waals surface area contributed by atoms with Crippen LogP contribution in [0.3, 0.4) is 0 Å². The quantitative estimate of drug-likeness (QED) is 0.411. The zero-order valence-electron chi connectivity index (χ0n) is 16.7. The van der Waals surface area contributed by atoms with Crippen molar-refractivity contribution >= 4 is 33.8 Å². The van der Waals surface area contributed by atoms with Crippen molar-refractivity contribution < 1.29 is 0 Å². The number of benzene rings is 1. The second-order valence-corrected chi connectivity index (χ2v) is 8.32. The molecule has 1 aliphatic carbocycles. The predicted octanol–water partition coefficient (Wildman–Crippen LogP) is 5.51. The molecule has 0 spiro atoms. The first kappa shape index (κ1) is 18.3. The lowest BCUT2D eigenvalue weighted by Crippen LogP contribution is -2.12. The molecule has 31 heavy (non-hydrogen) atoms. The summed E-state index contributed by atoms with van der Waals surface area (Å²) in [7, 11) is 0. The van der Waals surface area contributed by atoms with Gasteiger partial charge in [0.2, 0.25) is 0 Å². The second-order valence-electron chi connectivity index (χ2n) is 7.91. The molecule has 0 radical (unpaired) electrons. The van der Waals surface area contributed by atoms with Crippen LogP contribution in [0.4, 0.5) is 5.82 Å². The average molecular weight is 427 g/mol. The van der Waals surface area contributed by atoms with Crippen molar-refractivity contribution in [1.82, 2.24) is 24.3 Å². The molecule has 0 amide bonds. The van der Waals surface area contributed by atoms with Gasteiger partial charge in [-0.15, -0.1) is 0 Å². The van der Waals surface area contributed by atoms with Gasteiger partial charge in [0.05, 0.1) is 21.9 Å². The van der Waals surface area contributed by atoms with Gasteiger partial charge in [0.25, 0.3) is 0 Å². The molecule has 5 aromatic rings. The number of aromatic nitrogens is 5. The van der Waals surface area contributed by atoms with Crippen LogP contribution in [-0.4, -0.2) is 24.3 Å². The van der Waals surface area contributed by atoms with E-state index in [9.17, 15) is 0 Å². The van der Waals surface area contributed by atoms with Crippen LogP contribution in [-0.2, 0) is 0 Å². The first-order valence-electron chi connectivity index (χ1n) is 10.3. The van der Waals surface area contributed by atoms with Crippen LogP contribution in [0.1, 0.15) is 31.0 Å². The van der Waals surface area contributed by atoms with Crippen molar-refractivity contribution in [2.45, 2.75) is 25.2 Å². The lowest BCUT2D eigenvalue weighted by molar-refractivity contribution is 0.400. The van der Waals surface area contributed by atoms with Crippen LogP contribution < -0.4 is 5.73 Å². The standard InChI is InChI=1S/C24H19ClN6/c25-17-12-15-7-8-19(18-6-1-2-9-27-18)29-20(15)13-16(17)21-22-23(26)28-10-11-31(22)24(30-21)14-4-3-5-14/h1-2,6-14H,3-5H2,(H2,26,28). The van der Waals surface area contributed by atoms with Crippen molar-refractivity contribution in [3.63, 3.8) is 0 Å². The number of halogens is 1. The van der Waals surface area contributed by atoms with Gasteiger partial charge >= 0.3 is 0 Å². The van der Waals surface area contributed by atoms with Crippen molar-refractivity contribution in [3.05, 3.63) is 71.9 Å². The molecule has 2 N–H and O–H groups in total. The SMILES string of the molecule is Nc1nccn2c(C3CCC3)nc(-c3cc4nc(-c5ccccn5)ccc4cc3Cl)c12. The average Bonchev–Trinajstić information content (AvgIpc) is 3.12. The summed E-state index contributed by atoms with van der Waals surface area (Å²) in [6.45, 7) is 0. The Morgan fingerprint density at radius 2 is 1.87 bits per heavy atom. The van der Waals surface area contributed by atoms with Crippen LogP contribution >= 0.6 is 11.6 Å². The predicted molar refractivity (Wildman–Crippen MR) is 123 cm³/mol. The number of nitrogens with zero attached hydrogens (tertiary/aromatic N) is 5. The van der Waals surface area contributed by atoms with Gasteiger partial charge in [-0.3, -0.25) is 9.38 Å². The molecule has 152 valence electrons. The van der Waals surface area contributed by atoms with E-state index in [1.54, 1.807) is 12.4 Å². The van der Waals surface area contributed by atoms with Crippen LogP contribution in [0.2, 0.25) is 5.02 Å². The molecule has 1 saturated carbocycles. The third-order valence-electron chi connectivity index (χ3n) is 6.04. The highest BCUT2D eigenvalue weighted by atomic mass is 35.5. The molecule has 7 heteroatoms. The Morgan fingerprint density at radius 1 is 0.968 bits per heavy atom. The highest BCUT2D eigenvalue weighted by Crippen LogP contribution is 2.41. The number of hydrogen-bond donors (Lipinski definition) is 1. The van der Waals surface area contributed by atoms with Gasteiger partial charge in [0.1, 0.15) is 22.9 Å². The molecule has 1 aliphatic rings. The Kier molecular flexibility index (Phi) is 4.14. The minimum absolute atomic E-state index is 0.441. The molecule has 1 fully saturated rings. The van der Waals surface area contributed by atoms with Crippen LogP contribution in [0.25, 0.3) is 39.1 Å². The normalized spacial score (nSPS) is 14.2. The number of anilines is 1. The van der Waals surface area contributed by atoms with Gasteiger partial charge in [0, 0.05) is 35.5 Å². The van der Waals surface area contributed by atoms with Crippen LogP contribution in [0.15, 0.2) is 61.1 Å². The van der Waals surface area contributed by atoms with Crippen molar-refractivity contribution in [1.29, 1.82) is 0 Å². The van der Waals surface area contributed by atoms with Gasteiger partial charge in [-0.05, 0) is 43.2 Å². The Balaban J connectivity index is 1.57. The fraction of sp³-hybridized carbons (Fsp3) is 0.167. The topological polar surface area (TPSA) is 82.0 Å². The van der Waals surface area contributed by atoms with E-state index >= 15 is 0 Å². The summed E-state index contributed by atoms with van der Waals surface area (Å²) in [6.07, 6.45) is 8.93. The third kappa shape index (κ3) is 2.94. The van der Waals surface area contributed by atoms with E-state index in [-0.39, 0.29) is 0 Å². The molecule has 0 bridgehead atoms. The fourth-order valence-electron chi connectivity index (χ4n) is 4.21. The number of nitrogens with two attached hydrogens (primary N) is 1. The van der Waals surface area contributed by atoms with Crippen LogP contribution in [0.5, 0.6) is 0 Å². The molecule has 0 aliphatic heterocycles. The molecule has 6 rings (SSSR count). The summed E-state index contributed by atoms with van der Waals surface area (Å²) >= 11 is 6.73. The summed E-state index contributed by atoms with van der Waals surface area (Å²) in [5.41, 5.74) is 11.1. The number of imidazole rings is 1. The summed E-state index contributed by atoms with van der Waals surface area (Å²) < 4.78 is 2.07. The Hall–Kier alpha value is -3.51. The number of fused-ring (bicyclic) bond motifs is 2. The molecular formula is C24H19ClN6. The van der Waals surface area contributed by atoms with E-state index in [1.807, 2.05) is 48.7 Å². The zero-order chi connectivity index (χ0) is 20.9. The Labute approximate surface area is 183 Å². The maximum absolute atomic E-state index is 6.73. The van der Waals surface area contributed by atoms with E-state index in [1.165, 1.54) is 6.42 Å². The Morgan fingerprint density at radius 3 is 2.65 bits per heavy atom. The number of pyridine rings is 2. The second kappa shape index (κ2) is 7.03. The molecule has 6 nitrogen and oxygen atoms in total. The van der Waals surface area contributed by atoms with E-state index in [0.29, 0.717) is 16.8 Å². The maximum Gasteiger partial charge on any atom is 0.150 e. The largest absolute Gasteiger partial charge is 0.382 e. The molecule has 0 atom stereocenters. The third-order valence-corrected chi connectivity index (χ3v) is 6.35. The summed E-state index contributed by atoms with van der Waals surface area (Å²) in [6, 6.07) is 13.7. The van der Waals surface area contributed by atoms with Crippen molar-refractivity contribution in [3.8, 4) is 22.6 Å². The minimum Gasteiger partial charge on any atom is -0.382 e. The van der Waals surface area contributed by atoms with E-state index in [0.717, 1.165) is 57.7 Å². The van der Waals surface area contributed by atoms with Gasteiger partial charge in [-0.1, -0.05) is 30.2 Å². The van der Waals surface area contributed by atoms with Gasteiger partial charge in [-0.25, -0.2) is 15.0 Å². The van der Waals surface area contributed by atoms with E-state index in [2.05, 4.69) is 14.4 Å². The maximum atomic E-state index is 6.73. The zero-order valence-corrected chi connectivity index (χ0v) is 17.4. The lowest BCUT2D eigenvalue weighted by Gasteiger charge is -2.23. The van der Waals surface area contributed by atoms with Crippen molar-refractivity contribution in [2.75, 3.05) is 5.73 Å². The first-order valence-corrected chi connectivity index (χ1v) is 10.7. The first-order chi connectivity index (χ1) is 15.2. The lowest BCUT2D eigenvalue weighted by atomic mass is 9.85. The van der Waals surface area contributed by atoms with Gasteiger partial charge < -0.3 is 5.73 Å². The summed E-state index contributed by atoms with van der Waals surface area (Å²) in [5.74, 6) is 1.91. The number of nitrogen functional groups attached to an aromatic ring is 1. The highest BCUT2D eigenvalue weighted by Gasteiger charge is 2.27. The summed E-state index contributed by atoms with van der Waals surface area (Å²) in [5, 5.41) is 1.57. The molecular weight excluding hydrogens is 408 g/mol. The van der Waals surface area contributed by atoms with Gasteiger partial charge in [-0.2, -0.15) is 0 Å². The monoisotopic (exact) mass is 426 g/mol. The molecule has 0 saturated heterocycles. The highest BCUT2D eigenvalue weighted by molar-refractivity contribution is 6.34. The molecule has 1 aromatic carbocycles. The smallest absolute Gasteiger partial charge is 0.150 e. The van der Waals surface area contributed by atoms with Gasteiger partial charge in [0.15, 0.2) is 0 Å². The molecule has 4 heterocycles. The minimum atomic E-state index is 0.441. The Bertz CT molecular complexity index is 1440.